The van der Waals surface area contributed by atoms with Crippen molar-refractivity contribution in [1.29, 1.82) is 0 Å². The van der Waals surface area contributed by atoms with E-state index < -0.39 is 0 Å². The Kier molecular flexibility index (Phi) is 5.42. The number of methoxy groups -OCH3 is 1. The molecule has 0 aliphatic carbocycles. The standard InChI is InChI=1S/C25H21ClN2O2/c1-15-11-16(2)24-19(12-15)20(25(29)28-22-10-5-4-9-21(22)26)14-23(27-24)17-7-6-8-18(13-17)30-3/h4-14H,1-3H3,(H,28,29). The van der Waals surface area contributed by atoms with Gasteiger partial charge in [0, 0.05) is 10.9 Å². The number of carbonyl (C=O) groups excluding carboxylic acids is 1. The summed E-state index contributed by atoms with van der Waals surface area (Å²) in [6.07, 6.45) is 0. The Morgan fingerprint density at radius 1 is 1.00 bits per heavy atom. The molecule has 5 heteroatoms. The van der Waals surface area contributed by atoms with E-state index in [0.717, 1.165) is 33.3 Å². The predicted molar refractivity (Wildman–Crippen MR) is 123 cm³/mol. The lowest BCUT2D eigenvalue weighted by Gasteiger charge is -2.14. The Morgan fingerprint density at radius 3 is 2.57 bits per heavy atom. The third-order valence-electron chi connectivity index (χ3n) is 4.98. The number of para-hydroxylation sites is 1. The van der Waals surface area contributed by atoms with Crippen molar-refractivity contribution in [3.63, 3.8) is 0 Å². The van der Waals surface area contributed by atoms with E-state index in [2.05, 4.69) is 11.4 Å². The molecule has 4 aromatic rings. The molecular weight excluding hydrogens is 396 g/mol. The number of benzene rings is 3. The summed E-state index contributed by atoms with van der Waals surface area (Å²) < 4.78 is 5.35. The SMILES string of the molecule is COc1cccc(-c2cc(C(=O)Nc3ccccc3Cl)c3cc(C)cc(C)c3n2)c1. The summed E-state index contributed by atoms with van der Waals surface area (Å²) in [5.41, 5.74) is 5.58. The number of carbonyl (C=O) groups is 1. The van der Waals surface area contributed by atoms with Gasteiger partial charge in [-0.05, 0) is 55.8 Å². The number of aryl methyl sites for hydroxylation is 2. The van der Waals surface area contributed by atoms with Crippen LogP contribution in [0.2, 0.25) is 5.02 Å². The molecule has 4 nitrogen and oxygen atoms in total. The fraction of sp³-hybridized carbons (Fsp3) is 0.120. The van der Waals surface area contributed by atoms with Crippen LogP contribution >= 0.6 is 11.6 Å². The molecule has 3 aromatic carbocycles. The van der Waals surface area contributed by atoms with Crippen LogP contribution in [-0.2, 0) is 0 Å². The van der Waals surface area contributed by atoms with Gasteiger partial charge in [-0.2, -0.15) is 0 Å². The molecule has 0 saturated carbocycles. The summed E-state index contributed by atoms with van der Waals surface area (Å²) in [6, 6.07) is 20.7. The molecule has 1 N–H and O–H groups in total. The van der Waals surface area contributed by atoms with Crippen molar-refractivity contribution < 1.29 is 9.53 Å². The third kappa shape index (κ3) is 3.87. The molecule has 0 unspecified atom stereocenters. The van der Waals surface area contributed by atoms with Crippen LogP contribution in [0.5, 0.6) is 5.75 Å². The monoisotopic (exact) mass is 416 g/mol. The lowest BCUT2D eigenvalue weighted by molar-refractivity contribution is 0.102. The number of hydrogen-bond acceptors (Lipinski definition) is 3. The minimum absolute atomic E-state index is 0.232. The highest BCUT2D eigenvalue weighted by molar-refractivity contribution is 6.34. The number of amides is 1. The Labute approximate surface area is 180 Å². The normalized spacial score (nSPS) is 10.8. The molecule has 1 aromatic heterocycles. The van der Waals surface area contributed by atoms with Gasteiger partial charge in [0.2, 0.25) is 0 Å². The molecule has 150 valence electrons. The van der Waals surface area contributed by atoms with E-state index in [-0.39, 0.29) is 5.91 Å². The fourth-order valence-corrected chi connectivity index (χ4v) is 3.73. The van der Waals surface area contributed by atoms with Gasteiger partial charge >= 0.3 is 0 Å². The Balaban J connectivity index is 1.90. The first-order valence-corrected chi connectivity index (χ1v) is 9.96. The van der Waals surface area contributed by atoms with E-state index in [1.54, 1.807) is 19.2 Å². The molecule has 0 bridgehead atoms. The largest absolute Gasteiger partial charge is 0.497 e. The van der Waals surface area contributed by atoms with E-state index in [0.29, 0.717) is 22.0 Å². The van der Waals surface area contributed by atoms with Gasteiger partial charge in [0.15, 0.2) is 0 Å². The van der Waals surface area contributed by atoms with Gasteiger partial charge in [-0.1, -0.05) is 47.5 Å². The van der Waals surface area contributed by atoms with Crippen LogP contribution in [0, 0.1) is 13.8 Å². The number of halogens is 1. The minimum atomic E-state index is -0.232. The zero-order valence-corrected chi connectivity index (χ0v) is 17.7. The molecule has 1 heterocycles. The molecule has 4 rings (SSSR count). The number of ether oxygens (including phenoxy) is 1. The lowest BCUT2D eigenvalue weighted by atomic mass is 9.99. The molecule has 0 spiro atoms. The van der Waals surface area contributed by atoms with Gasteiger partial charge in [-0.3, -0.25) is 4.79 Å². The molecule has 0 aliphatic rings. The molecular formula is C25H21ClN2O2. The number of anilines is 1. The fourth-order valence-electron chi connectivity index (χ4n) is 3.55. The maximum Gasteiger partial charge on any atom is 0.256 e. The van der Waals surface area contributed by atoms with Gasteiger partial charge in [-0.15, -0.1) is 0 Å². The average Bonchev–Trinajstić information content (AvgIpc) is 2.74. The first-order valence-electron chi connectivity index (χ1n) is 9.58. The van der Waals surface area contributed by atoms with Crippen molar-refractivity contribution in [3.05, 3.63) is 88.4 Å². The number of rotatable bonds is 4. The van der Waals surface area contributed by atoms with Gasteiger partial charge < -0.3 is 10.1 Å². The second-order valence-corrected chi connectivity index (χ2v) is 7.61. The zero-order chi connectivity index (χ0) is 21.3. The lowest BCUT2D eigenvalue weighted by Crippen LogP contribution is -2.13. The van der Waals surface area contributed by atoms with Gasteiger partial charge in [0.1, 0.15) is 5.75 Å². The van der Waals surface area contributed by atoms with Crippen LogP contribution in [0.25, 0.3) is 22.2 Å². The Bertz CT molecular complexity index is 1270. The predicted octanol–water partition coefficient (Wildman–Crippen LogP) is 6.43. The minimum Gasteiger partial charge on any atom is -0.497 e. The number of nitrogens with zero attached hydrogens (tertiary/aromatic N) is 1. The Hall–Kier alpha value is -3.37. The zero-order valence-electron chi connectivity index (χ0n) is 17.0. The van der Waals surface area contributed by atoms with Crippen molar-refractivity contribution in [2.45, 2.75) is 13.8 Å². The summed E-state index contributed by atoms with van der Waals surface area (Å²) in [4.78, 5) is 18.2. The van der Waals surface area contributed by atoms with Crippen molar-refractivity contribution in [2.24, 2.45) is 0 Å². The first-order chi connectivity index (χ1) is 14.5. The van der Waals surface area contributed by atoms with Crippen LogP contribution in [0.15, 0.2) is 66.7 Å². The molecule has 0 atom stereocenters. The molecule has 0 fully saturated rings. The van der Waals surface area contributed by atoms with Crippen LogP contribution in [0.1, 0.15) is 21.5 Å². The highest BCUT2D eigenvalue weighted by atomic mass is 35.5. The second kappa shape index (κ2) is 8.17. The molecule has 30 heavy (non-hydrogen) atoms. The van der Waals surface area contributed by atoms with E-state index >= 15 is 0 Å². The maximum atomic E-state index is 13.3. The van der Waals surface area contributed by atoms with Gasteiger partial charge in [0.25, 0.3) is 5.91 Å². The number of pyridine rings is 1. The second-order valence-electron chi connectivity index (χ2n) is 7.20. The molecule has 0 aliphatic heterocycles. The van der Waals surface area contributed by atoms with Crippen LogP contribution in [-0.4, -0.2) is 18.0 Å². The van der Waals surface area contributed by atoms with Crippen LogP contribution in [0.4, 0.5) is 5.69 Å². The van der Waals surface area contributed by atoms with E-state index in [4.69, 9.17) is 21.3 Å². The summed E-state index contributed by atoms with van der Waals surface area (Å²) in [6.45, 7) is 4.02. The number of nitrogens with one attached hydrogen (secondary N) is 1. The van der Waals surface area contributed by atoms with Gasteiger partial charge in [0.05, 0.1) is 34.6 Å². The summed E-state index contributed by atoms with van der Waals surface area (Å²) >= 11 is 6.24. The summed E-state index contributed by atoms with van der Waals surface area (Å²) in [5.74, 6) is 0.502. The van der Waals surface area contributed by atoms with E-state index in [1.807, 2.05) is 62.4 Å². The average molecular weight is 417 g/mol. The van der Waals surface area contributed by atoms with Crippen molar-refractivity contribution in [2.75, 3.05) is 12.4 Å². The topological polar surface area (TPSA) is 51.2 Å². The number of hydrogen-bond donors (Lipinski definition) is 1. The number of aromatic nitrogens is 1. The van der Waals surface area contributed by atoms with Gasteiger partial charge in [-0.25, -0.2) is 4.98 Å². The van der Waals surface area contributed by atoms with Crippen LogP contribution < -0.4 is 10.1 Å². The molecule has 0 radical (unpaired) electrons. The highest BCUT2D eigenvalue weighted by Crippen LogP contribution is 2.30. The van der Waals surface area contributed by atoms with Crippen molar-refractivity contribution >= 4 is 34.1 Å². The summed E-state index contributed by atoms with van der Waals surface area (Å²) in [7, 11) is 1.63. The number of fused-ring (bicyclic) bond motifs is 1. The summed E-state index contributed by atoms with van der Waals surface area (Å²) in [5, 5.41) is 4.23. The first kappa shape index (κ1) is 19.9. The van der Waals surface area contributed by atoms with E-state index in [1.165, 1.54) is 0 Å². The third-order valence-corrected chi connectivity index (χ3v) is 5.31. The maximum absolute atomic E-state index is 13.3. The highest BCUT2D eigenvalue weighted by Gasteiger charge is 2.17. The molecule has 1 amide bonds. The van der Waals surface area contributed by atoms with Crippen molar-refractivity contribution in [3.8, 4) is 17.0 Å². The smallest absolute Gasteiger partial charge is 0.256 e. The van der Waals surface area contributed by atoms with Crippen LogP contribution in [0.3, 0.4) is 0 Å². The molecule has 0 saturated heterocycles. The quantitative estimate of drug-likeness (QED) is 0.417. The Morgan fingerprint density at radius 2 is 1.80 bits per heavy atom. The van der Waals surface area contributed by atoms with Crippen molar-refractivity contribution in [1.82, 2.24) is 4.98 Å². The van der Waals surface area contributed by atoms with E-state index in [9.17, 15) is 4.79 Å².